The minimum atomic E-state index is -0.225. The molecule has 3 rings (SSSR count). The maximum absolute atomic E-state index is 13.0. The molecule has 1 aliphatic heterocycles. The largest absolute Gasteiger partial charge is 0.338 e. The number of halogens is 1. The molecule has 1 saturated carbocycles. The number of piperidine rings is 1. The van der Waals surface area contributed by atoms with Crippen molar-refractivity contribution in [1.82, 2.24) is 10.2 Å². The molecule has 1 aliphatic carbocycles. The zero-order chi connectivity index (χ0) is 14.7. The Morgan fingerprint density at radius 1 is 1.14 bits per heavy atom. The Balaban J connectivity index is 1.67. The van der Waals surface area contributed by atoms with E-state index in [0.717, 1.165) is 38.0 Å². The van der Waals surface area contributed by atoms with Crippen LogP contribution >= 0.6 is 0 Å². The molecule has 1 heterocycles. The second-order valence-electron chi connectivity index (χ2n) is 6.31. The molecule has 1 amide bonds. The van der Waals surface area contributed by atoms with Crippen molar-refractivity contribution in [3.63, 3.8) is 0 Å². The quantitative estimate of drug-likeness (QED) is 0.904. The van der Waals surface area contributed by atoms with E-state index in [1.54, 1.807) is 12.1 Å². The zero-order valence-electron chi connectivity index (χ0n) is 12.4. The van der Waals surface area contributed by atoms with Crippen molar-refractivity contribution < 1.29 is 9.18 Å². The van der Waals surface area contributed by atoms with Gasteiger partial charge in [0.05, 0.1) is 0 Å². The van der Waals surface area contributed by atoms with Gasteiger partial charge in [-0.1, -0.05) is 12.1 Å². The Hall–Kier alpha value is -1.42. The molecule has 0 unspecified atom stereocenters. The molecular weight excluding hydrogens is 267 g/mol. The summed E-state index contributed by atoms with van der Waals surface area (Å²) in [6.45, 7) is 3.34. The molecule has 0 atom stereocenters. The van der Waals surface area contributed by atoms with Crippen molar-refractivity contribution in [3.8, 4) is 0 Å². The molecule has 1 saturated heterocycles. The number of benzene rings is 1. The highest BCUT2D eigenvalue weighted by atomic mass is 19.1. The smallest absolute Gasteiger partial charge is 0.226 e. The van der Waals surface area contributed by atoms with Crippen LogP contribution in [0.4, 0.5) is 4.39 Å². The highest BCUT2D eigenvalue weighted by molar-refractivity contribution is 5.79. The van der Waals surface area contributed by atoms with Gasteiger partial charge >= 0.3 is 0 Å². The van der Waals surface area contributed by atoms with Gasteiger partial charge in [0.2, 0.25) is 5.91 Å². The van der Waals surface area contributed by atoms with Crippen LogP contribution in [0.25, 0.3) is 0 Å². The molecule has 2 aliphatic rings. The Kier molecular flexibility index (Phi) is 4.54. The first-order valence-electron chi connectivity index (χ1n) is 7.96. The van der Waals surface area contributed by atoms with Crippen molar-refractivity contribution in [2.24, 2.45) is 11.8 Å². The number of carbonyl (C=O) groups is 1. The molecule has 4 heteroatoms. The lowest BCUT2D eigenvalue weighted by molar-refractivity contribution is -0.137. The molecule has 3 nitrogen and oxygen atoms in total. The fraction of sp³-hybridized carbons (Fsp3) is 0.588. The first kappa shape index (κ1) is 14.5. The SMILES string of the molecule is O=C(C1CCNCC1)N(Cc1ccc(F)cc1)CC1CC1. The Labute approximate surface area is 125 Å². The standard InChI is InChI=1S/C17H23FN2O/c18-16-5-3-14(4-6-16)12-20(11-13-1-2-13)17(21)15-7-9-19-10-8-15/h3-6,13,15,19H,1-2,7-12H2. The van der Waals surface area contributed by atoms with Gasteiger partial charge in [-0.2, -0.15) is 0 Å². The predicted molar refractivity (Wildman–Crippen MR) is 80.1 cm³/mol. The summed E-state index contributed by atoms with van der Waals surface area (Å²) in [4.78, 5) is 14.8. The topological polar surface area (TPSA) is 32.3 Å². The number of nitrogens with one attached hydrogen (secondary N) is 1. The molecule has 0 radical (unpaired) electrons. The van der Waals surface area contributed by atoms with Gasteiger partial charge < -0.3 is 10.2 Å². The van der Waals surface area contributed by atoms with E-state index >= 15 is 0 Å². The minimum absolute atomic E-state index is 0.158. The van der Waals surface area contributed by atoms with E-state index in [4.69, 9.17) is 0 Å². The number of hydrogen-bond acceptors (Lipinski definition) is 2. The van der Waals surface area contributed by atoms with Crippen LogP contribution < -0.4 is 5.32 Å². The van der Waals surface area contributed by atoms with Crippen molar-refractivity contribution >= 4 is 5.91 Å². The lowest BCUT2D eigenvalue weighted by Crippen LogP contribution is -2.41. The van der Waals surface area contributed by atoms with Gasteiger partial charge in [-0.05, 0) is 62.4 Å². The summed E-state index contributed by atoms with van der Waals surface area (Å²) in [5.41, 5.74) is 1.01. The zero-order valence-corrected chi connectivity index (χ0v) is 12.4. The monoisotopic (exact) mass is 290 g/mol. The number of nitrogens with zero attached hydrogens (tertiary/aromatic N) is 1. The summed E-state index contributed by atoms with van der Waals surface area (Å²) < 4.78 is 13.0. The third-order valence-corrected chi connectivity index (χ3v) is 4.46. The third kappa shape index (κ3) is 4.03. The van der Waals surface area contributed by atoms with Crippen LogP contribution in [0.5, 0.6) is 0 Å². The summed E-state index contributed by atoms with van der Waals surface area (Å²) in [5, 5.41) is 3.31. The van der Waals surface area contributed by atoms with Gasteiger partial charge in [0.25, 0.3) is 0 Å². The summed E-state index contributed by atoms with van der Waals surface area (Å²) in [5.74, 6) is 0.895. The van der Waals surface area contributed by atoms with Gasteiger partial charge in [-0.25, -0.2) is 4.39 Å². The Morgan fingerprint density at radius 3 is 2.43 bits per heavy atom. The van der Waals surface area contributed by atoms with Crippen LogP contribution in [-0.2, 0) is 11.3 Å². The first-order chi connectivity index (χ1) is 10.2. The van der Waals surface area contributed by atoms with E-state index in [0.29, 0.717) is 12.5 Å². The summed E-state index contributed by atoms with van der Waals surface area (Å²) in [6.07, 6.45) is 4.34. The van der Waals surface area contributed by atoms with Crippen molar-refractivity contribution in [1.29, 1.82) is 0 Å². The molecule has 0 bridgehead atoms. The molecule has 0 spiro atoms. The van der Waals surface area contributed by atoms with E-state index < -0.39 is 0 Å². The van der Waals surface area contributed by atoms with Crippen molar-refractivity contribution in [2.75, 3.05) is 19.6 Å². The molecule has 1 N–H and O–H groups in total. The van der Waals surface area contributed by atoms with Crippen LogP contribution in [0.2, 0.25) is 0 Å². The predicted octanol–water partition coefficient (Wildman–Crippen LogP) is 2.56. The van der Waals surface area contributed by atoms with E-state index in [2.05, 4.69) is 5.32 Å². The minimum Gasteiger partial charge on any atom is -0.338 e. The molecule has 114 valence electrons. The molecule has 0 aromatic heterocycles. The average molecular weight is 290 g/mol. The maximum Gasteiger partial charge on any atom is 0.226 e. The number of hydrogen-bond donors (Lipinski definition) is 1. The number of amides is 1. The second kappa shape index (κ2) is 6.56. The molecular formula is C17H23FN2O. The lowest BCUT2D eigenvalue weighted by Gasteiger charge is -2.30. The van der Waals surface area contributed by atoms with Crippen LogP contribution in [0.15, 0.2) is 24.3 Å². The van der Waals surface area contributed by atoms with E-state index in [1.165, 1.54) is 25.0 Å². The van der Waals surface area contributed by atoms with Crippen LogP contribution in [0.3, 0.4) is 0 Å². The first-order valence-corrected chi connectivity index (χ1v) is 7.96. The maximum atomic E-state index is 13.0. The van der Waals surface area contributed by atoms with Crippen molar-refractivity contribution in [2.45, 2.75) is 32.2 Å². The fourth-order valence-electron chi connectivity index (χ4n) is 2.98. The van der Waals surface area contributed by atoms with Gasteiger partial charge in [0, 0.05) is 19.0 Å². The van der Waals surface area contributed by atoms with E-state index in [9.17, 15) is 9.18 Å². The summed E-state index contributed by atoms with van der Waals surface area (Å²) in [6, 6.07) is 6.51. The van der Waals surface area contributed by atoms with Gasteiger partial charge in [-0.15, -0.1) is 0 Å². The number of carbonyl (C=O) groups excluding carboxylic acids is 1. The highest BCUT2D eigenvalue weighted by Gasteiger charge is 2.31. The van der Waals surface area contributed by atoms with Crippen molar-refractivity contribution in [3.05, 3.63) is 35.6 Å². The van der Waals surface area contributed by atoms with Gasteiger partial charge in [0.1, 0.15) is 5.82 Å². The highest BCUT2D eigenvalue weighted by Crippen LogP contribution is 2.31. The Morgan fingerprint density at radius 2 is 1.81 bits per heavy atom. The van der Waals surface area contributed by atoms with Crippen LogP contribution in [0, 0.1) is 17.7 Å². The molecule has 2 fully saturated rings. The second-order valence-corrected chi connectivity index (χ2v) is 6.31. The normalized spacial score (nSPS) is 19.5. The van der Waals surface area contributed by atoms with Gasteiger partial charge in [0.15, 0.2) is 0 Å². The molecule has 1 aromatic rings. The lowest BCUT2D eigenvalue weighted by atomic mass is 9.96. The van der Waals surface area contributed by atoms with E-state index in [1.807, 2.05) is 4.90 Å². The fourth-order valence-corrected chi connectivity index (χ4v) is 2.98. The van der Waals surface area contributed by atoms with E-state index in [-0.39, 0.29) is 17.6 Å². The summed E-state index contributed by atoms with van der Waals surface area (Å²) in [7, 11) is 0. The average Bonchev–Trinajstić information content (AvgIpc) is 3.33. The third-order valence-electron chi connectivity index (χ3n) is 4.46. The molecule has 1 aromatic carbocycles. The van der Waals surface area contributed by atoms with Crippen LogP contribution in [-0.4, -0.2) is 30.4 Å². The van der Waals surface area contributed by atoms with Gasteiger partial charge in [-0.3, -0.25) is 4.79 Å². The van der Waals surface area contributed by atoms with Crippen LogP contribution in [0.1, 0.15) is 31.2 Å². The number of rotatable bonds is 5. The summed E-state index contributed by atoms with van der Waals surface area (Å²) >= 11 is 0. The Bertz CT molecular complexity index is 478. The molecule has 21 heavy (non-hydrogen) atoms.